The zero-order chi connectivity index (χ0) is 19.0. The summed E-state index contributed by atoms with van der Waals surface area (Å²) in [7, 11) is -1.89. The van der Waals surface area contributed by atoms with Crippen molar-refractivity contribution in [2.24, 2.45) is 0 Å². The number of rotatable bonds is 8. The third kappa shape index (κ3) is 6.10. The van der Waals surface area contributed by atoms with E-state index in [2.05, 4.69) is 10.1 Å². The summed E-state index contributed by atoms with van der Waals surface area (Å²) in [6.07, 6.45) is 4.18. The van der Waals surface area contributed by atoms with Crippen LogP contribution in [0.1, 0.15) is 48.9 Å². The number of unbranched alkanes of at least 4 members (excludes halogenated alkanes) is 1. The molecule has 8 heteroatoms. The SMILES string of the molecule is COC(=O)c1ccc(NC(=O)CCCCS(=O)(=O)N2CCCCC2)cc1. The molecule has 1 aromatic carbocycles. The number of amides is 1. The van der Waals surface area contributed by atoms with Gasteiger partial charge in [0.05, 0.1) is 18.4 Å². The summed E-state index contributed by atoms with van der Waals surface area (Å²) in [6.45, 7) is 1.23. The molecule has 0 bridgehead atoms. The fraction of sp³-hybridized carbons (Fsp3) is 0.556. The van der Waals surface area contributed by atoms with E-state index in [0.29, 0.717) is 37.2 Å². The molecular weight excluding hydrogens is 356 g/mol. The number of carbonyl (C=O) groups excluding carboxylic acids is 2. The van der Waals surface area contributed by atoms with Gasteiger partial charge < -0.3 is 10.1 Å². The molecule has 2 rings (SSSR count). The smallest absolute Gasteiger partial charge is 0.337 e. The number of benzene rings is 1. The highest BCUT2D eigenvalue weighted by atomic mass is 32.2. The average molecular weight is 382 g/mol. The molecular formula is C18H26N2O5S. The number of sulfonamides is 1. The number of hydrogen-bond donors (Lipinski definition) is 1. The van der Waals surface area contributed by atoms with Crippen molar-refractivity contribution < 1.29 is 22.7 Å². The highest BCUT2D eigenvalue weighted by molar-refractivity contribution is 7.89. The molecule has 0 radical (unpaired) electrons. The first-order valence-electron chi connectivity index (χ1n) is 8.88. The maximum Gasteiger partial charge on any atom is 0.337 e. The maximum atomic E-state index is 12.2. The number of nitrogens with one attached hydrogen (secondary N) is 1. The molecule has 0 spiro atoms. The molecule has 0 atom stereocenters. The van der Waals surface area contributed by atoms with Gasteiger partial charge in [0.25, 0.3) is 0 Å². The normalized spacial score (nSPS) is 15.4. The molecule has 1 aliphatic rings. The van der Waals surface area contributed by atoms with Crippen LogP contribution in [0.5, 0.6) is 0 Å². The van der Waals surface area contributed by atoms with Crippen LogP contribution in [0.4, 0.5) is 5.69 Å². The molecule has 0 saturated carbocycles. The van der Waals surface area contributed by atoms with Crippen molar-refractivity contribution in [3.63, 3.8) is 0 Å². The summed E-state index contributed by atoms with van der Waals surface area (Å²) in [5, 5.41) is 2.74. The minimum atomic E-state index is -3.20. The molecule has 1 saturated heterocycles. The van der Waals surface area contributed by atoms with Gasteiger partial charge in [-0.3, -0.25) is 4.79 Å². The second-order valence-electron chi connectivity index (χ2n) is 6.35. The van der Waals surface area contributed by atoms with Crippen LogP contribution < -0.4 is 5.32 Å². The standard InChI is InChI=1S/C18H26N2O5S/c1-25-18(22)15-8-10-16(11-9-15)19-17(21)7-3-6-14-26(23,24)20-12-4-2-5-13-20/h8-11H,2-7,12-14H2,1H3,(H,19,21). The van der Waals surface area contributed by atoms with E-state index in [1.165, 1.54) is 7.11 Å². The first-order valence-corrected chi connectivity index (χ1v) is 10.5. The Labute approximate surface area is 154 Å². The lowest BCUT2D eigenvalue weighted by atomic mass is 10.2. The van der Waals surface area contributed by atoms with Gasteiger partial charge in [-0.1, -0.05) is 6.42 Å². The topological polar surface area (TPSA) is 92.8 Å². The summed E-state index contributed by atoms with van der Waals surface area (Å²) in [5.41, 5.74) is 0.997. The fourth-order valence-corrected chi connectivity index (χ4v) is 4.51. The van der Waals surface area contributed by atoms with E-state index in [9.17, 15) is 18.0 Å². The molecule has 144 valence electrons. The maximum absolute atomic E-state index is 12.2. The van der Waals surface area contributed by atoms with Gasteiger partial charge in [0.2, 0.25) is 15.9 Å². The quantitative estimate of drug-likeness (QED) is 0.550. The average Bonchev–Trinajstić information content (AvgIpc) is 2.66. The number of carbonyl (C=O) groups is 2. The Balaban J connectivity index is 1.71. The van der Waals surface area contributed by atoms with Gasteiger partial charge >= 0.3 is 5.97 Å². The molecule has 1 amide bonds. The van der Waals surface area contributed by atoms with Crippen LogP contribution in [-0.4, -0.2) is 50.6 Å². The Hall–Kier alpha value is -1.93. The number of methoxy groups -OCH3 is 1. The Bertz CT molecular complexity index is 710. The lowest BCUT2D eigenvalue weighted by Crippen LogP contribution is -2.37. The van der Waals surface area contributed by atoms with Gasteiger partial charge in [-0.25, -0.2) is 17.5 Å². The highest BCUT2D eigenvalue weighted by Crippen LogP contribution is 2.15. The first kappa shape index (κ1) is 20.4. The molecule has 0 aliphatic carbocycles. The highest BCUT2D eigenvalue weighted by Gasteiger charge is 2.23. The predicted octanol–water partition coefficient (Wildman–Crippen LogP) is 2.40. The number of ether oxygens (including phenoxy) is 1. The number of piperidine rings is 1. The number of hydrogen-bond acceptors (Lipinski definition) is 5. The summed E-state index contributed by atoms with van der Waals surface area (Å²) >= 11 is 0. The van der Waals surface area contributed by atoms with Crippen molar-refractivity contribution in [2.75, 3.05) is 31.3 Å². The third-order valence-corrected chi connectivity index (χ3v) is 6.31. The van der Waals surface area contributed by atoms with Crippen molar-refractivity contribution in [1.29, 1.82) is 0 Å². The Morgan fingerprint density at radius 2 is 1.73 bits per heavy atom. The Morgan fingerprint density at radius 1 is 1.08 bits per heavy atom. The second-order valence-corrected chi connectivity index (χ2v) is 8.44. The molecule has 1 aliphatic heterocycles. The summed E-state index contributed by atoms with van der Waals surface area (Å²) in [5.74, 6) is -0.516. The third-order valence-electron chi connectivity index (χ3n) is 4.35. The van der Waals surface area contributed by atoms with E-state index >= 15 is 0 Å². The van der Waals surface area contributed by atoms with Gasteiger partial charge in [0.1, 0.15) is 0 Å². The van der Waals surface area contributed by atoms with Gasteiger partial charge in [-0.15, -0.1) is 0 Å². The number of nitrogens with zero attached hydrogens (tertiary/aromatic N) is 1. The minimum absolute atomic E-state index is 0.0914. The zero-order valence-corrected chi connectivity index (χ0v) is 15.9. The minimum Gasteiger partial charge on any atom is -0.465 e. The van der Waals surface area contributed by atoms with E-state index in [0.717, 1.165) is 19.3 Å². The van der Waals surface area contributed by atoms with Crippen LogP contribution in [0, 0.1) is 0 Å². The molecule has 26 heavy (non-hydrogen) atoms. The number of esters is 1. The van der Waals surface area contributed by atoms with Crippen LogP contribution in [0.15, 0.2) is 24.3 Å². The molecule has 1 aromatic rings. The van der Waals surface area contributed by atoms with Crippen molar-refractivity contribution in [3.05, 3.63) is 29.8 Å². The van der Waals surface area contributed by atoms with E-state index in [-0.39, 0.29) is 18.1 Å². The lowest BCUT2D eigenvalue weighted by Gasteiger charge is -2.25. The van der Waals surface area contributed by atoms with Crippen LogP contribution in [0.3, 0.4) is 0 Å². The summed E-state index contributed by atoms with van der Waals surface area (Å²) < 4.78 is 30.6. The van der Waals surface area contributed by atoms with E-state index in [1.807, 2.05) is 0 Å². The molecule has 0 unspecified atom stereocenters. The van der Waals surface area contributed by atoms with Crippen molar-refractivity contribution in [2.45, 2.75) is 38.5 Å². The van der Waals surface area contributed by atoms with Gasteiger partial charge in [0.15, 0.2) is 0 Å². The van der Waals surface area contributed by atoms with E-state index in [1.54, 1.807) is 28.6 Å². The molecule has 0 aromatic heterocycles. The largest absolute Gasteiger partial charge is 0.465 e. The van der Waals surface area contributed by atoms with Crippen LogP contribution >= 0.6 is 0 Å². The zero-order valence-electron chi connectivity index (χ0n) is 15.1. The predicted molar refractivity (Wildman–Crippen MR) is 99.5 cm³/mol. The van der Waals surface area contributed by atoms with E-state index < -0.39 is 16.0 Å². The van der Waals surface area contributed by atoms with Crippen molar-refractivity contribution >= 4 is 27.6 Å². The Morgan fingerprint density at radius 3 is 2.35 bits per heavy atom. The summed E-state index contributed by atoms with van der Waals surface area (Å²) in [4.78, 5) is 23.3. The monoisotopic (exact) mass is 382 g/mol. The number of anilines is 1. The van der Waals surface area contributed by atoms with Crippen molar-refractivity contribution in [1.82, 2.24) is 4.31 Å². The van der Waals surface area contributed by atoms with Crippen LogP contribution in [0.2, 0.25) is 0 Å². The van der Waals surface area contributed by atoms with Crippen LogP contribution in [0.25, 0.3) is 0 Å². The molecule has 7 nitrogen and oxygen atoms in total. The second kappa shape index (κ2) is 9.68. The van der Waals surface area contributed by atoms with Gasteiger partial charge in [-0.2, -0.15) is 0 Å². The molecule has 1 N–H and O–H groups in total. The Kier molecular flexibility index (Phi) is 7.59. The fourth-order valence-electron chi connectivity index (χ4n) is 2.87. The first-order chi connectivity index (χ1) is 12.4. The van der Waals surface area contributed by atoms with Crippen molar-refractivity contribution in [3.8, 4) is 0 Å². The lowest BCUT2D eigenvalue weighted by molar-refractivity contribution is -0.116. The van der Waals surface area contributed by atoms with Crippen LogP contribution in [-0.2, 0) is 19.6 Å². The van der Waals surface area contributed by atoms with Gasteiger partial charge in [0, 0.05) is 25.2 Å². The van der Waals surface area contributed by atoms with Gasteiger partial charge in [-0.05, 0) is 49.9 Å². The summed E-state index contributed by atoms with van der Waals surface area (Å²) in [6, 6.07) is 6.41. The molecule has 1 heterocycles. The molecule has 1 fully saturated rings. The van der Waals surface area contributed by atoms with E-state index in [4.69, 9.17) is 0 Å².